The van der Waals surface area contributed by atoms with Gasteiger partial charge in [0, 0.05) is 18.6 Å². The number of hydrogen-bond donors (Lipinski definition) is 2. The molecule has 0 aliphatic carbocycles. The maximum atomic E-state index is 4.80. The highest BCUT2D eigenvalue weighted by atomic mass is 15.2. The monoisotopic (exact) mass is 396 g/mol. The summed E-state index contributed by atoms with van der Waals surface area (Å²) in [4.78, 5) is 28.7. The third-order valence-corrected chi connectivity index (χ3v) is 4.53. The minimum atomic E-state index is 0.599. The van der Waals surface area contributed by atoms with Gasteiger partial charge in [-0.25, -0.2) is 19.9 Å². The van der Waals surface area contributed by atoms with Gasteiger partial charge in [0.1, 0.15) is 17.5 Å². The van der Waals surface area contributed by atoms with E-state index in [1.54, 1.807) is 31.1 Å². The van der Waals surface area contributed by atoms with E-state index in [1.807, 2.05) is 29.8 Å². The predicted octanol–water partition coefficient (Wildman–Crippen LogP) is 3.09. The molecule has 0 fully saturated rings. The molecule has 2 N–H and O–H groups in total. The molecule has 10 nitrogen and oxygen atoms in total. The van der Waals surface area contributed by atoms with Crippen LogP contribution in [0.3, 0.4) is 0 Å². The van der Waals surface area contributed by atoms with Gasteiger partial charge in [-0.2, -0.15) is 5.10 Å². The summed E-state index contributed by atoms with van der Waals surface area (Å²) in [6, 6.07) is 1.97. The van der Waals surface area contributed by atoms with Crippen LogP contribution in [-0.4, -0.2) is 52.7 Å². The Kier molecular flexibility index (Phi) is 4.21. The van der Waals surface area contributed by atoms with Crippen molar-refractivity contribution in [1.29, 1.82) is 0 Å². The first-order chi connectivity index (χ1) is 14.7. The number of aromatic amines is 2. The van der Waals surface area contributed by atoms with Crippen LogP contribution in [0.5, 0.6) is 0 Å². The lowest BCUT2D eigenvalue weighted by Crippen LogP contribution is -1.92. The number of nitrogens with zero attached hydrogens (tertiary/aromatic N) is 8. The summed E-state index contributed by atoms with van der Waals surface area (Å²) in [5, 5.41) is 8.17. The van der Waals surface area contributed by atoms with Gasteiger partial charge in [-0.3, -0.25) is 15.1 Å². The van der Waals surface area contributed by atoms with Crippen molar-refractivity contribution in [2.75, 3.05) is 0 Å². The number of nitrogens with one attached hydrogen (secondary N) is 2. The predicted molar refractivity (Wildman–Crippen MR) is 116 cm³/mol. The molecule has 146 valence electrons. The molecule has 0 atom stereocenters. The molecule has 0 unspecified atom stereocenters. The van der Waals surface area contributed by atoms with Gasteiger partial charge in [-0.05, 0) is 31.3 Å². The maximum Gasteiger partial charge on any atom is 0.181 e. The first-order valence-corrected chi connectivity index (χ1v) is 9.06. The lowest BCUT2D eigenvalue weighted by atomic mass is 10.2. The Hall–Kier alpha value is -4.47. The summed E-state index contributed by atoms with van der Waals surface area (Å²) in [5.74, 6) is 0.649. The molecule has 0 saturated heterocycles. The van der Waals surface area contributed by atoms with Crippen molar-refractivity contribution in [1.82, 2.24) is 39.7 Å². The zero-order chi connectivity index (χ0) is 20.5. The van der Waals surface area contributed by atoms with Gasteiger partial charge in [-0.1, -0.05) is 0 Å². The summed E-state index contributed by atoms with van der Waals surface area (Å²) in [6.07, 6.45) is 13.7. The Morgan fingerprint density at radius 3 is 2.97 bits per heavy atom. The second-order valence-electron chi connectivity index (χ2n) is 6.56. The highest BCUT2D eigenvalue weighted by molar-refractivity contribution is 5.93. The van der Waals surface area contributed by atoms with Crippen molar-refractivity contribution in [3.8, 4) is 17.2 Å². The molecule has 0 spiro atoms. The second-order valence-corrected chi connectivity index (χ2v) is 6.56. The topological polar surface area (TPSA) is 126 Å². The summed E-state index contributed by atoms with van der Waals surface area (Å²) in [5.41, 5.74) is 5.58. The fourth-order valence-electron chi connectivity index (χ4n) is 3.18. The molecule has 5 aromatic rings. The first-order valence-electron chi connectivity index (χ1n) is 9.06. The number of imidazole rings is 2. The van der Waals surface area contributed by atoms with Crippen LogP contribution >= 0.6 is 0 Å². The molecule has 5 aromatic heterocycles. The van der Waals surface area contributed by atoms with E-state index in [4.69, 9.17) is 4.98 Å². The summed E-state index contributed by atoms with van der Waals surface area (Å²) in [6.45, 7) is 5.29. The van der Waals surface area contributed by atoms with Crippen LogP contribution in [0.25, 0.3) is 45.3 Å². The van der Waals surface area contributed by atoms with Gasteiger partial charge in [-0.15, -0.1) is 0 Å². The van der Waals surface area contributed by atoms with Crippen molar-refractivity contribution >= 4 is 41.2 Å². The van der Waals surface area contributed by atoms with E-state index in [2.05, 4.69) is 46.8 Å². The average Bonchev–Trinajstić information content (AvgIpc) is 3.48. The lowest BCUT2D eigenvalue weighted by molar-refractivity contribution is 1.05. The Morgan fingerprint density at radius 1 is 1.20 bits per heavy atom. The van der Waals surface area contributed by atoms with Gasteiger partial charge in [0.25, 0.3) is 0 Å². The third-order valence-electron chi connectivity index (χ3n) is 4.53. The molecule has 0 bridgehead atoms. The highest BCUT2D eigenvalue weighted by Crippen LogP contribution is 2.28. The molecule has 30 heavy (non-hydrogen) atoms. The molecule has 10 heteroatoms. The van der Waals surface area contributed by atoms with Crippen molar-refractivity contribution in [2.45, 2.75) is 6.92 Å². The molecule has 0 aliphatic heterocycles. The Labute approximate surface area is 170 Å². The fourth-order valence-corrected chi connectivity index (χ4v) is 3.18. The number of hydrogen-bond acceptors (Lipinski definition) is 6. The van der Waals surface area contributed by atoms with E-state index in [1.165, 1.54) is 6.34 Å². The SMILES string of the molecule is C=NC=NC=Cc1cnc2n[nH]c(-c3nc4c(-n5cnc(C)c5)cncc4[nH]3)c2c1. The third kappa shape index (κ3) is 3.05. The molecule has 0 radical (unpaired) electrons. The molecule has 0 aliphatic rings. The normalized spacial score (nSPS) is 12.0. The Morgan fingerprint density at radius 2 is 2.13 bits per heavy atom. The number of aromatic nitrogens is 8. The van der Waals surface area contributed by atoms with Crippen molar-refractivity contribution < 1.29 is 0 Å². The number of rotatable bonds is 5. The van der Waals surface area contributed by atoms with E-state index < -0.39 is 0 Å². The van der Waals surface area contributed by atoms with Gasteiger partial charge in [0.15, 0.2) is 11.5 Å². The van der Waals surface area contributed by atoms with Crippen LogP contribution in [-0.2, 0) is 0 Å². The Balaban J connectivity index is 1.60. The van der Waals surface area contributed by atoms with Gasteiger partial charge >= 0.3 is 0 Å². The van der Waals surface area contributed by atoms with Crippen molar-refractivity contribution in [3.63, 3.8) is 0 Å². The molecule has 0 amide bonds. The standard InChI is InChI=1S/C20H16N10/c1-12-9-30(11-25-12)16-8-23-7-15-18(16)27-20(26-15)17-14-5-13(3-4-22-10-21-2)6-24-19(14)29-28-17/h3-11H,2H2,1H3,(H,26,27)(H,24,28,29). The van der Waals surface area contributed by atoms with Gasteiger partial charge < -0.3 is 9.55 Å². The molecule has 5 rings (SSSR count). The van der Waals surface area contributed by atoms with Gasteiger partial charge in [0.05, 0.1) is 41.0 Å². The zero-order valence-electron chi connectivity index (χ0n) is 16.0. The van der Waals surface area contributed by atoms with Gasteiger partial charge in [0.2, 0.25) is 0 Å². The number of aryl methyl sites for hydroxylation is 1. The largest absolute Gasteiger partial charge is 0.335 e. The molecule has 0 aromatic carbocycles. The highest BCUT2D eigenvalue weighted by Gasteiger charge is 2.15. The van der Waals surface area contributed by atoms with Crippen LogP contribution in [0, 0.1) is 6.92 Å². The quantitative estimate of drug-likeness (QED) is 0.349. The summed E-state index contributed by atoms with van der Waals surface area (Å²) >= 11 is 0. The van der Waals surface area contributed by atoms with E-state index >= 15 is 0 Å². The average molecular weight is 396 g/mol. The molecule has 0 saturated carbocycles. The smallest absolute Gasteiger partial charge is 0.181 e. The number of fused-ring (bicyclic) bond motifs is 2. The maximum absolute atomic E-state index is 4.80. The number of H-pyrrole nitrogens is 2. The van der Waals surface area contributed by atoms with Crippen LogP contribution in [0.1, 0.15) is 11.3 Å². The van der Waals surface area contributed by atoms with Crippen molar-refractivity contribution in [3.05, 3.63) is 54.6 Å². The van der Waals surface area contributed by atoms with E-state index in [-0.39, 0.29) is 0 Å². The summed E-state index contributed by atoms with van der Waals surface area (Å²) in [7, 11) is 0. The Bertz CT molecular complexity index is 1430. The van der Waals surface area contributed by atoms with Crippen LogP contribution in [0.15, 0.2) is 53.4 Å². The van der Waals surface area contributed by atoms with E-state index in [9.17, 15) is 0 Å². The fraction of sp³-hybridized carbons (Fsp3) is 0.0500. The minimum Gasteiger partial charge on any atom is -0.335 e. The number of aliphatic imine (C=N–C) groups is 2. The summed E-state index contributed by atoms with van der Waals surface area (Å²) < 4.78 is 1.91. The second kappa shape index (κ2) is 7.17. The van der Waals surface area contributed by atoms with Crippen LogP contribution < -0.4 is 0 Å². The minimum absolute atomic E-state index is 0.599. The first kappa shape index (κ1) is 17.6. The molecular weight excluding hydrogens is 380 g/mol. The van der Waals surface area contributed by atoms with Crippen LogP contribution in [0.4, 0.5) is 0 Å². The number of pyridine rings is 2. The van der Waals surface area contributed by atoms with E-state index in [0.29, 0.717) is 11.5 Å². The van der Waals surface area contributed by atoms with Crippen molar-refractivity contribution in [2.24, 2.45) is 9.98 Å². The zero-order valence-corrected chi connectivity index (χ0v) is 16.0. The molecule has 5 heterocycles. The molecular formula is C20H16N10. The van der Waals surface area contributed by atoms with E-state index in [0.717, 1.165) is 39.1 Å². The lowest BCUT2D eigenvalue weighted by Gasteiger charge is -2.01. The van der Waals surface area contributed by atoms with Crippen LogP contribution in [0.2, 0.25) is 0 Å².